The van der Waals surface area contributed by atoms with Crippen molar-refractivity contribution in [2.24, 2.45) is 0 Å². The van der Waals surface area contributed by atoms with Crippen LogP contribution in [0.25, 0.3) is 97.0 Å². The molecule has 38 heavy (non-hydrogen) atoms. The highest BCUT2D eigenvalue weighted by Crippen LogP contribution is 2.42. The van der Waals surface area contributed by atoms with Crippen molar-refractivity contribution in [2.75, 3.05) is 0 Å². The Kier molecular flexibility index (Phi) is 3.28. The van der Waals surface area contributed by atoms with E-state index in [-0.39, 0.29) is 0 Å². The molecule has 0 aliphatic rings. The topological polar surface area (TPSA) is 0 Å². The molecule has 10 aromatic rings. The number of hydrogen-bond donors (Lipinski definition) is 0. The quantitative estimate of drug-likeness (QED) is 0.151. The van der Waals surface area contributed by atoms with Gasteiger partial charge in [0, 0.05) is 0 Å². The molecule has 0 spiro atoms. The summed E-state index contributed by atoms with van der Waals surface area (Å²) in [6, 6.07) is 46.4. The molecule has 0 nitrogen and oxygen atoms in total. The maximum Gasteiger partial charge on any atom is -0.00264 e. The minimum absolute atomic E-state index is 1.29. The van der Waals surface area contributed by atoms with E-state index in [4.69, 9.17) is 0 Å². The first-order valence-electron chi connectivity index (χ1n) is 13.3. The van der Waals surface area contributed by atoms with E-state index in [9.17, 15) is 0 Å². The molecule has 0 fully saturated rings. The molecular formula is C38H20. The molecule has 0 saturated carbocycles. The fourth-order valence-electron chi connectivity index (χ4n) is 7.28. The monoisotopic (exact) mass is 476 g/mol. The lowest BCUT2D eigenvalue weighted by Gasteiger charge is -2.13. The SMILES string of the molecule is c1cc2cc3ccc4ccc5cc6ccc7ccc8cc9cccc%10c9cc8c7c6cc5c4c3cc2c%10c1. The van der Waals surface area contributed by atoms with Gasteiger partial charge in [-0.1, -0.05) is 84.9 Å². The summed E-state index contributed by atoms with van der Waals surface area (Å²) in [5.74, 6) is 0. The van der Waals surface area contributed by atoms with E-state index in [0.717, 1.165) is 0 Å². The molecule has 0 aromatic heterocycles. The average molecular weight is 477 g/mol. The van der Waals surface area contributed by atoms with Gasteiger partial charge in [-0.2, -0.15) is 0 Å². The third kappa shape index (κ3) is 2.28. The van der Waals surface area contributed by atoms with Gasteiger partial charge in [-0.3, -0.25) is 0 Å². The van der Waals surface area contributed by atoms with E-state index in [1.807, 2.05) is 0 Å². The van der Waals surface area contributed by atoms with Gasteiger partial charge in [0.25, 0.3) is 0 Å². The van der Waals surface area contributed by atoms with Gasteiger partial charge < -0.3 is 0 Å². The zero-order valence-corrected chi connectivity index (χ0v) is 20.5. The molecule has 10 rings (SSSR count). The summed E-state index contributed by atoms with van der Waals surface area (Å²) >= 11 is 0. The second-order valence-corrected chi connectivity index (χ2v) is 11.0. The molecule has 0 aliphatic carbocycles. The van der Waals surface area contributed by atoms with Gasteiger partial charge >= 0.3 is 0 Å². The lowest BCUT2D eigenvalue weighted by molar-refractivity contribution is 1.82. The fourth-order valence-corrected chi connectivity index (χ4v) is 7.28. The van der Waals surface area contributed by atoms with Crippen molar-refractivity contribution in [1.29, 1.82) is 0 Å². The largest absolute Gasteiger partial charge is 0.0610 e. The summed E-state index contributed by atoms with van der Waals surface area (Å²) in [6.45, 7) is 0. The lowest BCUT2D eigenvalue weighted by atomic mass is 9.90. The molecule has 0 saturated heterocycles. The van der Waals surface area contributed by atoms with Crippen LogP contribution < -0.4 is 0 Å². The summed E-state index contributed by atoms with van der Waals surface area (Å²) in [5, 5.41) is 23.6. The van der Waals surface area contributed by atoms with Crippen molar-refractivity contribution in [3.63, 3.8) is 0 Å². The second-order valence-electron chi connectivity index (χ2n) is 11.0. The van der Waals surface area contributed by atoms with Crippen LogP contribution in [0.2, 0.25) is 0 Å². The summed E-state index contributed by atoms with van der Waals surface area (Å²) in [5.41, 5.74) is 0. The molecule has 0 unspecified atom stereocenters. The van der Waals surface area contributed by atoms with Crippen LogP contribution >= 0.6 is 0 Å². The van der Waals surface area contributed by atoms with Crippen LogP contribution in [0.15, 0.2) is 121 Å². The Balaban J connectivity index is 1.67. The van der Waals surface area contributed by atoms with Crippen molar-refractivity contribution < 1.29 is 0 Å². The van der Waals surface area contributed by atoms with Gasteiger partial charge in [0.2, 0.25) is 0 Å². The van der Waals surface area contributed by atoms with Gasteiger partial charge in [0.1, 0.15) is 0 Å². The van der Waals surface area contributed by atoms with Crippen LogP contribution in [0.1, 0.15) is 0 Å². The third-order valence-electron chi connectivity index (χ3n) is 9.04. The van der Waals surface area contributed by atoms with Crippen LogP contribution in [0.5, 0.6) is 0 Å². The van der Waals surface area contributed by atoms with Crippen molar-refractivity contribution in [2.45, 2.75) is 0 Å². The maximum atomic E-state index is 2.47. The summed E-state index contributed by atoms with van der Waals surface area (Å²) in [4.78, 5) is 0. The van der Waals surface area contributed by atoms with E-state index in [1.165, 1.54) is 97.0 Å². The molecule has 6 bridgehead atoms. The van der Waals surface area contributed by atoms with Crippen molar-refractivity contribution in [3.8, 4) is 0 Å². The normalized spacial score (nSPS) is 12.7. The molecule has 0 aliphatic heterocycles. The standard InChI is InChI=1S/C38H20/c1-3-23-15-25-11-7-21-9-13-27-17-28-14-10-22-8-12-26-16-24-4-2-6-30-29(5-1)31(23)18-33(25)37(21)35(27)20-36(28)38(22)34(26)19-32(24)30/h1-20H. The molecule has 0 amide bonds. The molecule has 0 radical (unpaired) electrons. The number of benzene rings is 9. The van der Waals surface area contributed by atoms with Gasteiger partial charge in [-0.05, 0) is 133 Å². The molecule has 0 heterocycles. The van der Waals surface area contributed by atoms with Crippen LogP contribution in [0, 0.1) is 0 Å². The Labute approximate surface area is 218 Å². The molecule has 172 valence electrons. The minimum Gasteiger partial charge on any atom is -0.0610 e. The van der Waals surface area contributed by atoms with Crippen molar-refractivity contribution in [1.82, 2.24) is 0 Å². The summed E-state index contributed by atoms with van der Waals surface area (Å²) in [7, 11) is 0. The Bertz CT molecular complexity index is 2410. The van der Waals surface area contributed by atoms with E-state index < -0.39 is 0 Å². The second kappa shape index (κ2) is 6.49. The van der Waals surface area contributed by atoms with E-state index in [0.29, 0.717) is 0 Å². The van der Waals surface area contributed by atoms with Gasteiger partial charge in [0.05, 0.1) is 0 Å². The van der Waals surface area contributed by atoms with E-state index in [2.05, 4.69) is 121 Å². The summed E-state index contributed by atoms with van der Waals surface area (Å²) < 4.78 is 0. The zero-order valence-electron chi connectivity index (χ0n) is 20.5. The maximum absolute atomic E-state index is 2.47. The lowest BCUT2D eigenvalue weighted by Crippen LogP contribution is -1.85. The van der Waals surface area contributed by atoms with Crippen LogP contribution in [-0.4, -0.2) is 0 Å². The first-order chi connectivity index (χ1) is 18.8. The van der Waals surface area contributed by atoms with Crippen LogP contribution in [-0.2, 0) is 0 Å². The highest BCUT2D eigenvalue weighted by atomic mass is 14.2. The smallest absolute Gasteiger partial charge is 0.00264 e. The predicted octanol–water partition coefficient (Wildman–Crippen LogP) is 10.9. The van der Waals surface area contributed by atoms with Crippen LogP contribution in [0.4, 0.5) is 0 Å². The van der Waals surface area contributed by atoms with E-state index in [1.54, 1.807) is 0 Å². The Morgan fingerprint density at radius 2 is 0.526 bits per heavy atom. The molecule has 0 atom stereocenters. The molecule has 0 N–H and O–H groups in total. The first kappa shape index (κ1) is 19.2. The fraction of sp³-hybridized carbons (Fsp3) is 0. The van der Waals surface area contributed by atoms with Gasteiger partial charge in [-0.15, -0.1) is 0 Å². The van der Waals surface area contributed by atoms with E-state index >= 15 is 0 Å². The number of hydrogen-bond acceptors (Lipinski definition) is 0. The number of rotatable bonds is 0. The minimum atomic E-state index is 1.29. The predicted molar refractivity (Wildman–Crippen MR) is 166 cm³/mol. The first-order valence-corrected chi connectivity index (χ1v) is 13.3. The molecular weight excluding hydrogens is 456 g/mol. The average Bonchev–Trinajstić information content (AvgIpc) is 2.97. The Morgan fingerprint density at radius 3 is 0.921 bits per heavy atom. The van der Waals surface area contributed by atoms with Crippen molar-refractivity contribution >= 4 is 97.0 Å². The highest BCUT2D eigenvalue weighted by Gasteiger charge is 2.14. The number of fused-ring (bicyclic) bond motifs is 1. The van der Waals surface area contributed by atoms with Crippen LogP contribution in [0.3, 0.4) is 0 Å². The third-order valence-corrected chi connectivity index (χ3v) is 9.04. The Morgan fingerprint density at radius 1 is 0.211 bits per heavy atom. The summed E-state index contributed by atoms with van der Waals surface area (Å²) in [6.07, 6.45) is 0. The molecule has 0 heteroatoms. The highest BCUT2D eigenvalue weighted by molar-refractivity contribution is 6.30. The van der Waals surface area contributed by atoms with Crippen molar-refractivity contribution in [3.05, 3.63) is 121 Å². The van der Waals surface area contributed by atoms with Gasteiger partial charge in [0.15, 0.2) is 0 Å². The van der Waals surface area contributed by atoms with Gasteiger partial charge in [-0.25, -0.2) is 0 Å². The molecule has 10 aromatic carbocycles. The Hall–Kier alpha value is -4.94. The zero-order chi connectivity index (χ0) is 24.5.